The third kappa shape index (κ3) is 4.73. The number of rotatable bonds is 6. The molecule has 170 valence electrons. The fraction of sp³-hybridized carbons (Fsp3) is 0.167. The normalized spacial score (nSPS) is 18.5. The van der Waals surface area contributed by atoms with Crippen LogP contribution in [0.5, 0.6) is 0 Å². The smallest absolute Gasteiger partial charge is 0.266 e. The molecule has 9 heteroatoms. The van der Waals surface area contributed by atoms with Crippen LogP contribution in [0.15, 0.2) is 93.2 Å². The molecule has 0 aliphatic carbocycles. The van der Waals surface area contributed by atoms with Gasteiger partial charge >= 0.3 is 0 Å². The Bertz CT molecular complexity index is 1300. The maximum absolute atomic E-state index is 13.8. The van der Waals surface area contributed by atoms with Crippen molar-refractivity contribution in [2.45, 2.75) is 28.7 Å². The Kier molecular flexibility index (Phi) is 6.96. The molecule has 3 aromatic rings. The number of nitrogens with zero attached hydrogens (tertiary/aromatic N) is 2. The molecule has 3 aromatic carbocycles. The summed E-state index contributed by atoms with van der Waals surface area (Å²) in [5, 5.41) is 0. The van der Waals surface area contributed by atoms with Crippen LogP contribution in [0, 0.1) is 6.92 Å². The van der Waals surface area contributed by atoms with Crippen LogP contribution in [0.25, 0.3) is 0 Å². The number of ketones is 1. The summed E-state index contributed by atoms with van der Waals surface area (Å²) < 4.78 is 29.4. The van der Waals surface area contributed by atoms with Gasteiger partial charge in [-0.2, -0.15) is 0 Å². The first kappa shape index (κ1) is 24.0. The lowest BCUT2D eigenvalue weighted by Crippen LogP contribution is -2.48. The van der Waals surface area contributed by atoms with E-state index in [0.29, 0.717) is 11.1 Å². The SMILES string of the molecule is Cc1ccc(S(=O)(=O)N2C(C(Cl)Cl)=N[C@@H](c3ccccc3)[C@@H]2C(=O)c2ccc(Br)cc2)cc1. The van der Waals surface area contributed by atoms with Gasteiger partial charge in [0.05, 0.1) is 4.90 Å². The zero-order chi connectivity index (χ0) is 23.8. The zero-order valence-corrected chi connectivity index (χ0v) is 21.3. The van der Waals surface area contributed by atoms with Gasteiger partial charge in [-0.3, -0.25) is 9.79 Å². The molecular weight excluding hydrogens is 547 g/mol. The van der Waals surface area contributed by atoms with Crippen LogP contribution >= 0.6 is 39.1 Å². The van der Waals surface area contributed by atoms with Crippen molar-refractivity contribution in [1.29, 1.82) is 0 Å². The fourth-order valence-electron chi connectivity index (χ4n) is 3.73. The number of hydrogen-bond donors (Lipinski definition) is 0. The van der Waals surface area contributed by atoms with Gasteiger partial charge in [-0.25, -0.2) is 12.7 Å². The van der Waals surface area contributed by atoms with Crippen LogP contribution < -0.4 is 0 Å². The van der Waals surface area contributed by atoms with Crippen LogP contribution in [0.2, 0.25) is 0 Å². The van der Waals surface area contributed by atoms with Crippen molar-refractivity contribution in [1.82, 2.24) is 4.31 Å². The van der Waals surface area contributed by atoms with Gasteiger partial charge in [-0.05, 0) is 36.8 Å². The molecule has 0 aromatic heterocycles. The van der Waals surface area contributed by atoms with Gasteiger partial charge in [-0.1, -0.05) is 99.3 Å². The Hall–Kier alpha value is -2.19. The molecule has 0 spiro atoms. The number of Topliss-reactive ketones (excluding diaryl/α,β-unsaturated/α-hetero) is 1. The van der Waals surface area contributed by atoms with Crippen LogP contribution in [0.3, 0.4) is 0 Å². The van der Waals surface area contributed by atoms with Gasteiger partial charge in [0, 0.05) is 10.0 Å². The molecule has 0 amide bonds. The van der Waals surface area contributed by atoms with Crippen molar-refractivity contribution in [2.75, 3.05) is 0 Å². The molecule has 0 bridgehead atoms. The summed E-state index contributed by atoms with van der Waals surface area (Å²) in [6, 6.07) is 20.2. The van der Waals surface area contributed by atoms with E-state index in [4.69, 9.17) is 23.2 Å². The van der Waals surface area contributed by atoms with Crippen molar-refractivity contribution < 1.29 is 13.2 Å². The Morgan fingerprint density at radius 3 is 2.15 bits per heavy atom. The molecule has 0 saturated heterocycles. The second-order valence-corrected chi connectivity index (χ2v) is 11.4. The molecule has 0 N–H and O–H groups in total. The maximum atomic E-state index is 13.8. The first-order valence-corrected chi connectivity index (χ1v) is 13.1. The summed E-state index contributed by atoms with van der Waals surface area (Å²) in [7, 11) is -4.20. The number of hydrogen-bond acceptors (Lipinski definition) is 4. The quantitative estimate of drug-likeness (QED) is 0.274. The molecule has 1 aliphatic rings. The Morgan fingerprint density at radius 1 is 0.970 bits per heavy atom. The number of carbonyl (C=O) groups is 1. The molecule has 4 rings (SSSR count). The van der Waals surface area contributed by atoms with E-state index in [2.05, 4.69) is 20.9 Å². The lowest BCUT2D eigenvalue weighted by Gasteiger charge is -2.29. The molecule has 1 aliphatic heterocycles. The topological polar surface area (TPSA) is 66.8 Å². The first-order chi connectivity index (χ1) is 15.7. The average molecular weight is 566 g/mol. The fourth-order valence-corrected chi connectivity index (χ4v) is 6.05. The highest BCUT2D eigenvalue weighted by Gasteiger charge is 2.49. The van der Waals surface area contributed by atoms with Crippen LogP contribution in [0.4, 0.5) is 0 Å². The molecule has 1 heterocycles. The highest BCUT2D eigenvalue weighted by Crippen LogP contribution is 2.39. The number of halogens is 3. The Labute approximate surface area is 211 Å². The summed E-state index contributed by atoms with van der Waals surface area (Å²) in [6.45, 7) is 1.86. The molecule has 0 fully saturated rings. The molecule has 0 saturated carbocycles. The van der Waals surface area contributed by atoms with E-state index in [1.165, 1.54) is 12.1 Å². The van der Waals surface area contributed by atoms with Crippen molar-refractivity contribution in [3.05, 3.63) is 100 Å². The van der Waals surface area contributed by atoms with Gasteiger partial charge in [-0.15, -0.1) is 0 Å². The predicted molar refractivity (Wildman–Crippen MR) is 135 cm³/mol. The van der Waals surface area contributed by atoms with Crippen LogP contribution in [-0.2, 0) is 10.0 Å². The van der Waals surface area contributed by atoms with E-state index in [1.54, 1.807) is 48.5 Å². The minimum absolute atomic E-state index is 0.0251. The van der Waals surface area contributed by atoms with Gasteiger partial charge in [0.25, 0.3) is 10.0 Å². The molecule has 2 atom stereocenters. The van der Waals surface area contributed by atoms with Gasteiger partial charge in [0.1, 0.15) is 17.9 Å². The number of carbonyl (C=O) groups excluding carboxylic acids is 1. The van der Waals surface area contributed by atoms with Crippen LogP contribution in [0.1, 0.15) is 27.5 Å². The van der Waals surface area contributed by atoms with Gasteiger partial charge < -0.3 is 0 Å². The Morgan fingerprint density at radius 2 is 1.58 bits per heavy atom. The third-order valence-electron chi connectivity index (χ3n) is 5.36. The van der Waals surface area contributed by atoms with E-state index in [-0.39, 0.29) is 10.7 Å². The van der Waals surface area contributed by atoms with E-state index >= 15 is 0 Å². The minimum Gasteiger partial charge on any atom is -0.292 e. The zero-order valence-electron chi connectivity index (χ0n) is 17.4. The summed E-state index contributed by atoms with van der Waals surface area (Å²) in [5.74, 6) is -0.483. The van der Waals surface area contributed by atoms with Gasteiger partial charge in [0.2, 0.25) is 0 Å². The van der Waals surface area contributed by atoms with Crippen molar-refractivity contribution in [3.63, 3.8) is 0 Å². The third-order valence-corrected chi connectivity index (χ3v) is 8.08. The number of alkyl halides is 2. The number of aryl methyl sites for hydroxylation is 1. The van der Waals surface area contributed by atoms with Crippen LogP contribution in [-0.4, -0.2) is 35.2 Å². The molecule has 0 radical (unpaired) electrons. The molecule has 5 nitrogen and oxygen atoms in total. The number of aliphatic imine (C=N–C) groups is 1. The molecular formula is C24H19BrCl2N2O3S. The lowest BCUT2D eigenvalue weighted by atomic mass is 9.94. The standard InChI is InChI=1S/C24H19BrCl2N2O3S/c1-15-7-13-19(14-8-15)33(31,32)29-21(22(30)17-9-11-18(25)12-10-17)20(28-24(29)23(26)27)16-5-3-2-4-6-16/h2-14,20-21,23H,1H3/t20-,21+/m0/s1. The van der Waals surface area contributed by atoms with E-state index in [9.17, 15) is 13.2 Å². The summed E-state index contributed by atoms with van der Waals surface area (Å²) in [4.78, 5) is 17.1. The number of amidine groups is 1. The Balaban J connectivity index is 1.90. The predicted octanol–water partition coefficient (Wildman–Crippen LogP) is 5.96. The largest absolute Gasteiger partial charge is 0.292 e. The lowest BCUT2D eigenvalue weighted by molar-refractivity contribution is 0.0915. The minimum atomic E-state index is -4.20. The highest BCUT2D eigenvalue weighted by atomic mass is 79.9. The number of benzene rings is 3. The second-order valence-electron chi connectivity index (χ2n) is 7.57. The second kappa shape index (κ2) is 9.58. The molecule has 33 heavy (non-hydrogen) atoms. The summed E-state index contributed by atoms with van der Waals surface area (Å²) in [5.41, 5.74) is 1.94. The molecule has 0 unspecified atom stereocenters. The van der Waals surface area contributed by atoms with Crippen molar-refractivity contribution >= 4 is 60.8 Å². The highest BCUT2D eigenvalue weighted by molar-refractivity contribution is 9.10. The van der Waals surface area contributed by atoms with E-state index in [1.807, 2.05) is 25.1 Å². The van der Waals surface area contributed by atoms with E-state index in [0.717, 1.165) is 14.3 Å². The van der Waals surface area contributed by atoms with E-state index < -0.39 is 32.7 Å². The maximum Gasteiger partial charge on any atom is 0.266 e. The van der Waals surface area contributed by atoms with Crippen molar-refractivity contribution in [2.24, 2.45) is 4.99 Å². The van der Waals surface area contributed by atoms with Gasteiger partial charge in [0.15, 0.2) is 10.6 Å². The average Bonchev–Trinajstić information content (AvgIpc) is 3.22. The monoisotopic (exact) mass is 564 g/mol. The van der Waals surface area contributed by atoms with Crippen molar-refractivity contribution in [3.8, 4) is 0 Å². The number of sulfonamides is 1. The summed E-state index contributed by atoms with van der Waals surface area (Å²) >= 11 is 15.8. The first-order valence-electron chi connectivity index (χ1n) is 10.0. The summed E-state index contributed by atoms with van der Waals surface area (Å²) in [6.07, 6.45) is 0.